The van der Waals surface area contributed by atoms with Crippen molar-refractivity contribution < 1.29 is 9.66 Å². The summed E-state index contributed by atoms with van der Waals surface area (Å²) in [5.41, 5.74) is 0.259. The van der Waals surface area contributed by atoms with Gasteiger partial charge in [0.15, 0.2) is 0 Å². The summed E-state index contributed by atoms with van der Waals surface area (Å²) in [4.78, 5) is 17.3. The monoisotopic (exact) mass is 320 g/mol. The molecule has 0 amide bonds. The topological polar surface area (TPSA) is 102 Å². The van der Waals surface area contributed by atoms with E-state index < -0.39 is 4.92 Å². The summed E-state index contributed by atoms with van der Waals surface area (Å²) in [6.45, 7) is 0. The summed E-state index contributed by atoms with van der Waals surface area (Å²) in [5, 5.41) is 19.2. The van der Waals surface area contributed by atoms with Gasteiger partial charge in [0.05, 0.1) is 21.0 Å². The number of nitriles is 1. The van der Waals surface area contributed by atoms with Crippen molar-refractivity contribution >= 4 is 21.6 Å². The molecule has 2 aromatic rings. The average molecular weight is 321 g/mol. The Bertz CT molecular complexity index is 667. The Morgan fingerprint density at radius 2 is 2.05 bits per heavy atom. The highest BCUT2D eigenvalue weighted by molar-refractivity contribution is 9.10. The van der Waals surface area contributed by atoms with Crippen molar-refractivity contribution in [2.45, 2.75) is 0 Å². The highest BCUT2D eigenvalue weighted by atomic mass is 79.9. The molecule has 1 aromatic carbocycles. The number of nitro groups is 1. The lowest BCUT2D eigenvalue weighted by atomic mass is 10.2. The number of nitrogens with zero attached hydrogens (tertiary/aromatic N) is 4. The molecule has 1 aromatic heterocycles. The van der Waals surface area contributed by atoms with Gasteiger partial charge >= 0.3 is 11.7 Å². The van der Waals surface area contributed by atoms with E-state index in [-0.39, 0.29) is 11.7 Å². The van der Waals surface area contributed by atoms with Crippen molar-refractivity contribution in [2.24, 2.45) is 0 Å². The lowest BCUT2D eigenvalue weighted by molar-refractivity contribution is -0.385. The normalized spacial score (nSPS) is 9.68. The van der Waals surface area contributed by atoms with E-state index in [0.717, 1.165) is 12.4 Å². The Hall–Kier alpha value is -2.53. The highest BCUT2D eigenvalue weighted by Gasteiger charge is 2.09. The van der Waals surface area contributed by atoms with Gasteiger partial charge < -0.3 is 4.74 Å². The van der Waals surface area contributed by atoms with E-state index in [9.17, 15) is 10.1 Å². The van der Waals surface area contributed by atoms with Gasteiger partial charge in [0, 0.05) is 0 Å². The fourth-order valence-electron chi connectivity index (χ4n) is 1.21. The van der Waals surface area contributed by atoms with Crippen LogP contribution in [0.25, 0.3) is 0 Å². The molecule has 0 radical (unpaired) electrons. The van der Waals surface area contributed by atoms with Gasteiger partial charge in [0.2, 0.25) is 0 Å². The minimum atomic E-state index is -0.596. The molecule has 0 aliphatic carbocycles. The predicted octanol–water partition coefficient (Wildman–Crippen LogP) is 2.81. The zero-order valence-electron chi connectivity index (χ0n) is 9.28. The van der Waals surface area contributed by atoms with Gasteiger partial charge in [0.25, 0.3) is 0 Å². The van der Waals surface area contributed by atoms with Gasteiger partial charge in [-0.3, -0.25) is 10.1 Å². The third-order valence-electron chi connectivity index (χ3n) is 2.09. The minimum absolute atomic E-state index is 0.0176. The van der Waals surface area contributed by atoms with Crippen molar-refractivity contribution in [3.05, 3.63) is 50.7 Å². The summed E-state index contributed by atoms with van der Waals surface area (Å²) in [6.07, 6.45) is 2.11. The Kier molecular flexibility index (Phi) is 3.68. The number of halogens is 1. The molecule has 19 heavy (non-hydrogen) atoms. The van der Waals surface area contributed by atoms with E-state index in [1.807, 2.05) is 6.07 Å². The fourth-order valence-corrected chi connectivity index (χ4v) is 1.67. The largest absolute Gasteiger partial charge is 0.423 e. The molecule has 0 saturated carbocycles. The SMILES string of the molecule is N#Cc1ccc(Oc2ncc([N+](=O)[O-])cn2)c(Br)c1. The summed E-state index contributed by atoms with van der Waals surface area (Å²) in [5.74, 6) is 0.410. The lowest BCUT2D eigenvalue weighted by Crippen LogP contribution is -1.95. The number of rotatable bonds is 3. The van der Waals surface area contributed by atoms with Gasteiger partial charge in [-0.2, -0.15) is 15.2 Å². The van der Waals surface area contributed by atoms with Crippen LogP contribution in [0.5, 0.6) is 11.8 Å². The third kappa shape index (κ3) is 3.02. The van der Waals surface area contributed by atoms with Crippen LogP contribution in [0.4, 0.5) is 5.69 Å². The van der Waals surface area contributed by atoms with Crippen LogP contribution in [0.15, 0.2) is 35.1 Å². The van der Waals surface area contributed by atoms with E-state index in [1.165, 1.54) is 0 Å². The Balaban J connectivity index is 2.22. The number of aromatic nitrogens is 2. The third-order valence-corrected chi connectivity index (χ3v) is 2.71. The molecule has 0 spiro atoms. The second kappa shape index (κ2) is 5.41. The molecule has 0 atom stereocenters. The number of hydrogen-bond acceptors (Lipinski definition) is 6. The molecular weight excluding hydrogens is 316 g/mol. The summed E-state index contributed by atoms with van der Waals surface area (Å²) in [7, 11) is 0. The van der Waals surface area contributed by atoms with Gasteiger partial charge in [-0.15, -0.1) is 0 Å². The smallest absolute Gasteiger partial charge is 0.322 e. The number of ether oxygens (including phenoxy) is 1. The van der Waals surface area contributed by atoms with E-state index in [0.29, 0.717) is 15.8 Å². The second-order valence-corrected chi connectivity index (χ2v) is 4.19. The van der Waals surface area contributed by atoms with Gasteiger partial charge in [-0.25, -0.2) is 0 Å². The average Bonchev–Trinajstić information content (AvgIpc) is 2.41. The first kappa shape index (κ1) is 12.9. The molecule has 8 heteroatoms. The van der Waals surface area contributed by atoms with Crippen molar-refractivity contribution in [3.63, 3.8) is 0 Å². The molecule has 0 aliphatic rings. The summed E-state index contributed by atoms with van der Waals surface area (Å²) < 4.78 is 5.91. The number of hydrogen-bond donors (Lipinski definition) is 0. The van der Waals surface area contributed by atoms with Crippen LogP contribution in [0.3, 0.4) is 0 Å². The first-order chi connectivity index (χ1) is 9.10. The second-order valence-electron chi connectivity index (χ2n) is 3.34. The molecule has 0 bridgehead atoms. The Morgan fingerprint density at radius 3 is 2.58 bits per heavy atom. The van der Waals surface area contributed by atoms with Crippen molar-refractivity contribution in [1.82, 2.24) is 9.97 Å². The highest BCUT2D eigenvalue weighted by Crippen LogP contribution is 2.28. The van der Waals surface area contributed by atoms with E-state index in [4.69, 9.17) is 10.00 Å². The van der Waals surface area contributed by atoms with Crippen LogP contribution in [-0.2, 0) is 0 Å². The number of benzene rings is 1. The van der Waals surface area contributed by atoms with Crippen LogP contribution < -0.4 is 4.74 Å². The summed E-state index contributed by atoms with van der Waals surface area (Å²) >= 11 is 3.24. The molecule has 1 heterocycles. The fraction of sp³-hybridized carbons (Fsp3) is 0. The molecular formula is C11H5BrN4O3. The molecule has 0 saturated heterocycles. The maximum absolute atomic E-state index is 10.4. The van der Waals surface area contributed by atoms with Crippen molar-refractivity contribution in [3.8, 4) is 17.8 Å². The predicted molar refractivity (Wildman–Crippen MR) is 67.6 cm³/mol. The Labute approximate surface area is 115 Å². The maximum atomic E-state index is 10.4. The van der Waals surface area contributed by atoms with E-state index in [2.05, 4.69) is 25.9 Å². The quantitative estimate of drug-likeness (QED) is 0.636. The molecule has 0 fully saturated rings. The van der Waals surface area contributed by atoms with E-state index >= 15 is 0 Å². The molecule has 0 unspecified atom stereocenters. The zero-order chi connectivity index (χ0) is 13.8. The van der Waals surface area contributed by atoms with Gasteiger partial charge in [-0.1, -0.05) is 0 Å². The lowest BCUT2D eigenvalue weighted by Gasteiger charge is -2.05. The first-order valence-electron chi connectivity index (χ1n) is 4.94. The van der Waals surface area contributed by atoms with Crippen LogP contribution in [-0.4, -0.2) is 14.9 Å². The first-order valence-corrected chi connectivity index (χ1v) is 5.73. The van der Waals surface area contributed by atoms with Crippen LogP contribution in [0, 0.1) is 21.4 Å². The zero-order valence-corrected chi connectivity index (χ0v) is 10.9. The van der Waals surface area contributed by atoms with Crippen LogP contribution in [0.1, 0.15) is 5.56 Å². The maximum Gasteiger partial charge on any atom is 0.322 e. The van der Waals surface area contributed by atoms with Crippen LogP contribution in [0.2, 0.25) is 0 Å². The van der Waals surface area contributed by atoms with Crippen LogP contribution >= 0.6 is 15.9 Å². The summed E-state index contributed by atoms with van der Waals surface area (Å²) in [6, 6.07) is 6.71. The molecule has 0 N–H and O–H groups in total. The van der Waals surface area contributed by atoms with E-state index in [1.54, 1.807) is 18.2 Å². The van der Waals surface area contributed by atoms with Crippen molar-refractivity contribution in [2.75, 3.05) is 0 Å². The minimum Gasteiger partial charge on any atom is -0.423 e. The molecule has 2 rings (SSSR count). The standard InChI is InChI=1S/C11H5BrN4O3/c12-9-3-7(4-13)1-2-10(9)19-11-14-5-8(6-15-11)16(17)18/h1-3,5-6H. The molecule has 0 aliphatic heterocycles. The van der Waals surface area contributed by atoms with Gasteiger partial charge in [-0.05, 0) is 34.1 Å². The molecule has 94 valence electrons. The van der Waals surface area contributed by atoms with Crippen molar-refractivity contribution in [1.29, 1.82) is 5.26 Å². The molecule has 7 nitrogen and oxygen atoms in total. The van der Waals surface area contributed by atoms with Gasteiger partial charge in [0.1, 0.15) is 18.1 Å². The Morgan fingerprint density at radius 1 is 1.37 bits per heavy atom.